The van der Waals surface area contributed by atoms with Crippen LogP contribution in [0.5, 0.6) is 0 Å². The lowest BCUT2D eigenvalue weighted by atomic mass is 10.0. The first-order valence-corrected chi connectivity index (χ1v) is 12.2. The average Bonchev–Trinajstić information content (AvgIpc) is 2.81. The summed E-state index contributed by atoms with van der Waals surface area (Å²) in [5.74, 6) is -4.28. The first-order chi connectivity index (χ1) is 16.0. The number of methoxy groups -OCH3 is 1. The molecule has 0 aliphatic rings. The number of hydrogen-bond donors (Lipinski definition) is 2. The molecule has 0 spiro atoms. The molecule has 2 atom stereocenters. The van der Waals surface area contributed by atoms with E-state index in [1.807, 2.05) is 0 Å². The van der Waals surface area contributed by atoms with E-state index < -0.39 is 50.3 Å². The fourth-order valence-corrected chi connectivity index (χ4v) is 5.03. The van der Waals surface area contributed by atoms with E-state index in [0.717, 1.165) is 7.11 Å². The number of carbonyl (C=O) groups is 3. The number of ether oxygens (including phenoxy) is 2. The quantitative estimate of drug-likeness (QED) is 0.458. The smallest absolute Gasteiger partial charge is 0.408 e. The highest BCUT2D eigenvalue weighted by atomic mass is 32.2. The number of nitrogens with one attached hydrogen (secondary N) is 1. The van der Waals surface area contributed by atoms with Gasteiger partial charge in [-0.25, -0.2) is 18.0 Å². The molecule has 2 aromatic carbocycles. The number of hydrogen-bond acceptors (Lipinski definition) is 7. The average molecular weight is 492 g/mol. The predicted molar refractivity (Wildman–Crippen MR) is 125 cm³/mol. The molecule has 0 saturated heterocycles. The third kappa shape index (κ3) is 7.05. The fraction of sp³-hybridized carbons (Fsp3) is 0.375. The summed E-state index contributed by atoms with van der Waals surface area (Å²) in [6.07, 6.45) is -1.03. The number of alkyl carbamates (subject to hydrolysis) is 1. The normalized spacial score (nSPS) is 13.4. The van der Waals surface area contributed by atoms with Crippen LogP contribution in [0.4, 0.5) is 4.79 Å². The van der Waals surface area contributed by atoms with Gasteiger partial charge >= 0.3 is 18.0 Å². The Kier molecular flexibility index (Phi) is 9.19. The van der Waals surface area contributed by atoms with Crippen molar-refractivity contribution in [1.82, 2.24) is 5.32 Å². The van der Waals surface area contributed by atoms with Crippen LogP contribution in [0.15, 0.2) is 60.7 Å². The monoisotopic (exact) mass is 491 g/mol. The zero-order valence-corrected chi connectivity index (χ0v) is 20.1. The van der Waals surface area contributed by atoms with Crippen molar-refractivity contribution < 1.29 is 37.4 Å². The third-order valence-electron chi connectivity index (χ3n) is 5.50. The van der Waals surface area contributed by atoms with Crippen molar-refractivity contribution in [2.24, 2.45) is 5.92 Å². The minimum Gasteiger partial charge on any atom is -0.481 e. The summed E-state index contributed by atoms with van der Waals surface area (Å²) < 4.78 is 34.6. The summed E-state index contributed by atoms with van der Waals surface area (Å²) >= 11 is 0. The van der Waals surface area contributed by atoms with Crippen LogP contribution in [-0.4, -0.2) is 55.2 Å². The summed E-state index contributed by atoms with van der Waals surface area (Å²) in [5, 5.41) is 11.9. The predicted octanol–water partition coefficient (Wildman–Crippen LogP) is 2.59. The molecule has 0 heterocycles. The molecule has 184 valence electrons. The molecular formula is C24H29NO8S. The number of sulfone groups is 1. The topological polar surface area (TPSA) is 136 Å². The lowest BCUT2D eigenvalue weighted by molar-refractivity contribution is -0.143. The number of aliphatic carboxylic acids is 1. The molecule has 2 N–H and O–H groups in total. The third-order valence-corrected chi connectivity index (χ3v) is 8.18. The van der Waals surface area contributed by atoms with Crippen LogP contribution in [0.2, 0.25) is 0 Å². The molecule has 0 fully saturated rings. The number of carbonyl (C=O) groups excluding carboxylic acids is 2. The molecule has 34 heavy (non-hydrogen) atoms. The summed E-state index contributed by atoms with van der Waals surface area (Å²) in [6.45, 7) is 2.39. The van der Waals surface area contributed by atoms with E-state index in [2.05, 4.69) is 5.32 Å². The zero-order valence-electron chi connectivity index (χ0n) is 19.3. The van der Waals surface area contributed by atoms with Gasteiger partial charge in [-0.1, -0.05) is 60.7 Å². The number of carboxylic acid groups (broad SMARTS) is 1. The van der Waals surface area contributed by atoms with Crippen molar-refractivity contribution in [3.8, 4) is 0 Å². The Morgan fingerprint density at radius 3 is 2.00 bits per heavy atom. The van der Waals surface area contributed by atoms with Crippen LogP contribution in [0.25, 0.3) is 0 Å². The van der Waals surface area contributed by atoms with Gasteiger partial charge in [-0.2, -0.15) is 0 Å². The van der Waals surface area contributed by atoms with Crippen LogP contribution < -0.4 is 5.32 Å². The summed E-state index contributed by atoms with van der Waals surface area (Å²) in [4.78, 5) is 36.6. The van der Waals surface area contributed by atoms with Gasteiger partial charge < -0.3 is 19.9 Å². The molecule has 0 aromatic heterocycles. The van der Waals surface area contributed by atoms with Crippen LogP contribution in [0, 0.1) is 5.92 Å². The first kappa shape index (κ1) is 26.8. The van der Waals surface area contributed by atoms with Crippen LogP contribution in [0.1, 0.15) is 25.0 Å². The highest BCUT2D eigenvalue weighted by molar-refractivity contribution is 7.92. The van der Waals surface area contributed by atoms with E-state index in [-0.39, 0.29) is 13.0 Å². The van der Waals surface area contributed by atoms with Crippen molar-refractivity contribution in [2.45, 2.75) is 37.7 Å². The molecule has 0 bridgehead atoms. The van der Waals surface area contributed by atoms with Crippen LogP contribution in [0.3, 0.4) is 0 Å². The van der Waals surface area contributed by atoms with Gasteiger partial charge in [-0.05, 0) is 31.4 Å². The van der Waals surface area contributed by atoms with Gasteiger partial charge in [-0.3, -0.25) is 4.79 Å². The minimum atomic E-state index is -4.24. The number of esters is 1. The molecule has 0 aliphatic carbocycles. The Labute approximate surface area is 199 Å². The van der Waals surface area contributed by atoms with E-state index >= 15 is 0 Å². The van der Waals surface area contributed by atoms with Gasteiger partial charge in [0.25, 0.3) is 0 Å². The number of carboxylic acids is 1. The van der Waals surface area contributed by atoms with Gasteiger partial charge in [0.2, 0.25) is 0 Å². The van der Waals surface area contributed by atoms with Gasteiger partial charge in [0.15, 0.2) is 9.84 Å². The number of benzene rings is 2. The van der Waals surface area contributed by atoms with E-state index in [1.165, 1.54) is 13.8 Å². The SMILES string of the molecule is COC(=O)[C@H](NC(=O)OCc1ccccc1)C(C)(C)S(=O)(=O)C[C@@H](Cc1ccccc1)C(=O)O. The second kappa shape index (κ2) is 11.6. The largest absolute Gasteiger partial charge is 0.481 e. The molecule has 2 rings (SSSR count). The molecule has 1 amide bonds. The molecule has 10 heteroatoms. The van der Waals surface area contributed by atoms with Gasteiger partial charge in [0, 0.05) is 0 Å². The van der Waals surface area contributed by atoms with Crippen molar-refractivity contribution in [1.29, 1.82) is 0 Å². The molecule has 9 nitrogen and oxygen atoms in total. The van der Waals surface area contributed by atoms with Crippen molar-refractivity contribution in [3.63, 3.8) is 0 Å². The van der Waals surface area contributed by atoms with E-state index in [4.69, 9.17) is 9.47 Å². The van der Waals surface area contributed by atoms with Crippen molar-refractivity contribution in [2.75, 3.05) is 12.9 Å². The summed E-state index contributed by atoms with van der Waals surface area (Å²) in [7, 11) is -3.18. The van der Waals surface area contributed by atoms with Crippen molar-refractivity contribution in [3.05, 3.63) is 71.8 Å². The Morgan fingerprint density at radius 2 is 1.50 bits per heavy atom. The van der Waals surface area contributed by atoms with Gasteiger partial charge in [-0.15, -0.1) is 0 Å². The van der Waals surface area contributed by atoms with E-state index in [1.54, 1.807) is 60.7 Å². The van der Waals surface area contributed by atoms with Crippen molar-refractivity contribution >= 4 is 27.9 Å². The standard InChI is InChI=1S/C24H29NO8S/c1-24(2,34(30,31)16-19(21(26)27)14-17-10-6-4-7-11-17)20(22(28)32-3)25-23(29)33-15-18-12-8-5-9-13-18/h4-13,19-20H,14-16H2,1-3H3,(H,25,29)(H,26,27)/t19-,20+/m1/s1. The Morgan fingerprint density at radius 1 is 0.971 bits per heavy atom. The van der Waals surface area contributed by atoms with Gasteiger partial charge in [0.1, 0.15) is 12.6 Å². The molecule has 2 aromatic rings. The van der Waals surface area contributed by atoms with E-state index in [0.29, 0.717) is 11.1 Å². The molecule has 0 radical (unpaired) electrons. The maximum absolute atomic E-state index is 13.3. The second-order valence-corrected chi connectivity index (χ2v) is 10.9. The van der Waals surface area contributed by atoms with E-state index in [9.17, 15) is 27.9 Å². The lowest BCUT2D eigenvalue weighted by Gasteiger charge is -2.33. The molecule has 0 saturated carbocycles. The van der Waals surface area contributed by atoms with Crippen LogP contribution in [-0.2, 0) is 41.9 Å². The van der Waals surface area contributed by atoms with Crippen LogP contribution >= 0.6 is 0 Å². The maximum Gasteiger partial charge on any atom is 0.408 e. The zero-order chi connectivity index (χ0) is 25.4. The maximum atomic E-state index is 13.3. The number of rotatable bonds is 11. The highest BCUT2D eigenvalue weighted by Crippen LogP contribution is 2.26. The molecule has 0 aliphatic heterocycles. The second-order valence-electron chi connectivity index (χ2n) is 8.27. The fourth-order valence-electron chi connectivity index (χ4n) is 3.29. The Bertz CT molecular complexity index is 1080. The number of amides is 1. The Hall–Kier alpha value is -3.40. The summed E-state index contributed by atoms with van der Waals surface area (Å²) in [6, 6.07) is 15.8. The summed E-state index contributed by atoms with van der Waals surface area (Å²) in [5.41, 5.74) is 1.36. The van der Waals surface area contributed by atoms with Gasteiger partial charge in [0.05, 0.1) is 23.5 Å². The lowest BCUT2D eigenvalue weighted by Crippen LogP contribution is -2.59. The molecular weight excluding hydrogens is 462 g/mol. The minimum absolute atomic E-state index is 0.0130. The first-order valence-electron chi connectivity index (χ1n) is 10.5. The Balaban J connectivity index is 2.20. The highest BCUT2D eigenvalue weighted by Gasteiger charge is 2.48. The molecule has 0 unspecified atom stereocenters.